The Bertz CT molecular complexity index is 1260. The van der Waals surface area contributed by atoms with Gasteiger partial charge in [-0.1, -0.05) is 143 Å². The Morgan fingerprint density at radius 2 is 0.931 bits per heavy atom. The van der Waals surface area contributed by atoms with Gasteiger partial charge < -0.3 is 28.6 Å². The molecule has 58 heavy (non-hydrogen) atoms. The van der Waals surface area contributed by atoms with Crippen LogP contribution in [0.5, 0.6) is 0 Å². The number of hydrogen-bond acceptors (Lipinski definition) is 7. The molecular formula is C50H81NO7. The molecule has 0 fully saturated rings. The highest BCUT2D eigenvalue weighted by atomic mass is 16.6. The van der Waals surface area contributed by atoms with Crippen molar-refractivity contribution in [2.24, 2.45) is 0 Å². The third-order valence-corrected chi connectivity index (χ3v) is 9.22. The van der Waals surface area contributed by atoms with Crippen LogP contribution in [0.15, 0.2) is 97.2 Å². The van der Waals surface area contributed by atoms with E-state index in [-0.39, 0.29) is 49.1 Å². The molecule has 0 N–H and O–H groups in total. The summed E-state index contributed by atoms with van der Waals surface area (Å²) in [4.78, 5) is 36.8. The number of likely N-dealkylation sites (N-methyl/N-ethyl adjacent to an activating group) is 1. The Morgan fingerprint density at radius 1 is 0.517 bits per heavy atom. The average molecular weight is 808 g/mol. The summed E-state index contributed by atoms with van der Waals surface area (Å²) >= 11 is 0. The molecule has 0 aliphatic carbocycles. The van der Waals surface area contributed by atoms with Crippen LogP contribution in [0.4, 0.5) is 0 Å². The molecule has 0 spiro atoms. The number of hydrogen-bond donors (Lipinski definition) is 0. The van der Waals surface area contributed by atoms with E-state index in [2.05, 4.69) is 111 Å². The minimum atomic E-state index is -1.14. The van der Waals surface area contributed by atoms with Crippen molar-refractivity contribution in [1.82, 2.24) is 0 Å². The molecule has 0 saturated heterocycles. The minimum absolute atomic E-state index is 0.0130. The Balaban J connectivity index is 4.46. The molecule has 0 aromatic heterocycles. The summed E-state index contributed by atoms with van der Waals surface area (Å²) in [5.74, 6) is -1.84. The van der Waals surface area contributed by atoms with Crippen LogP contribution in [0.2, 0.25) is 0 Å². The number of aliphatic carboxylic acids is 1. The van der Waals surface area contributed by atoms with E-state index in [4.69, 9.17) is 14.2 Å². The highest BCUT2D eigenvalue weighted by Gasteiger charge is 2.25. The fourth-order valence-electron chi connectivity index (χ4n) is 5.82. The fraction of sp³-hybridized carbons (Fsp3) is 0.620. The molecule has 0 aliphatic rings. The van der Waals surface area contributed by atoms with Crippen molar-refractivity contribution >= 4 is 17.9 Å². The van der Waals surface area contributed by atoms with Crippen molar-refractivity contribution in [3.63, 3.8) is 0 Å². The van der Waals surface area contributed by atoms with E-state index in [9.17, 15) is 19.5 Å². The number of unbranched alkanes of at least 4 members (excludes halogenated alkanes) is 8. The number of carboxylic acids is 1. The minimum Gasteiger partial charge on any atom is -0.544 e. The van der Waals surface area contributed by atoms with Gasteiger partial charge in [0.05, 0.1) is 40.3 Å². The van der Waals surface area contributed by atoms with E-state index in [1.165, 1.54) is 19.3 Å². The highest BCUT2D eigenvalue weighted by molar-refractivity contribution is 5.70. The molecule has 2 unspecified atom stereocenters. The highest BCUT2D eigenvalue weighted by Crippen LogP contribution is 2.12. The Labute approximate surface area is 354 Å². The van der Waals surface area contributed by atoms with Crippen LogP contribution < -0.4 is 5.11 Å². The smallest absolute Gasteiger partial charge is 0.306 e. The molecule has 0 aliphatic heterocycles. The number of quaternary nitrogens is 1. The second kappa shape index (κ2) is 40.0. The predicted octanol–water partition coefficient (Wildman–Crippen LogP) is 11.0. The normalized spacial score (nSPS) is 13.9. The summed E-state index contributed by atoms with van der Waals surface area (Å²) in [6, 6.07) is -0.741. The summed E-state index contributed by atoms with van der Waals surface area (Å²) in [7, 11) is 5.37. The van der Waals surface area contributed by atoms with Gasteiger partial charge in [-0.25, -0.2) is 0 Å². The van der Waals surface area contributed by atoms with Gasteiger partial charge in [0, 0.05) is 19.3 Å². The summed E-state index contributed by atoms with van der Waals surface area (Å²) in [5, 5.41) is 11.6. The fourth-order valence-corrected chi connectivity index (χ4v) is 5.82. The molecule has 0 amide bonds. The number of allylic oxidation sites excluding steroid dienone is 16. The molecule has 0 bridgehead atoms. The van der Waals surface area contributed by atoms with Crippen LogP contribution in [0, 0.1) is 0 Å². The monoisotopic (exact) mass is 808 g/mol. The first kappa shape index (κ1) is 54.2. The van der Waals surface area contributed by atoms with Gasteiger partial charge in [0.1, 0.15) is 12.6 Å². The first-order valence-electron chi connectivity index (χ1n) is 22.3. The number of carboxylic acid groups (broad SMARTS) is 1. The Kier molecular flexibility index (Phi) is 37.5. The zero-order valence-electron chi connectivity index (χ0n) is 37.2. The average Bonchev–Trinajstić information content (AvgIpc) is 3.18. The third kappa shape index (κ3) is 37.8. The van der Waals surface area contributed by atoms with E-state index in [1.807, 2.05) is 0 Å². The molecular weight excluding hydrogens is 727 g/mol. The van der Waals surface area contributed by atoms with Crippen molar-refractivity contribution in [1.29, 1.82) is 0 Å². The summed E-state index contributed by atoms with van der Waals surface area (Å²) in [5.41, 5.74) is 0. The molecule has 0 radical (unpaired) electrons. The predicted molar refractivity (Wildman–Crippen MR) is 240 cm³/mol. The van der Waals surface area contributed by atoms with E-state index in [0.29, 0.717) is 12.8 Å². The molecule has 8 heteroatoms. The van der Waals surface area contributed by atoms with Crippen LogP contribution in [-0.4, -0.2) is 75.5 Å². The van der Waals surface area contributed by atoms with Crippen molar-refractivity contribution in [3.05, 3.63) is 97.2 Å². The van der Waals surface area contributed by atoms with Crippen LogP contribution in [-0.2, 0) is 28.6 Å². The molecule has 8 nitrogen and oxygen atoms in total. The van der Waals surface area contributed by atoms with Crippen molar-refractivity contribution in [2.45, 2.75) is 161 Å². The molecule has 0 heterocycles. The van der Waals surface area contributed by atoms with Crippen LogP contribution in [0.3, 0.4) is 0 Å². The molecule has 0 aromatic rings. The van der Waals surface area contributed by atoms with Gasteiger partial charge in [-0.2, -0.15) is 0 Å². The van der Waals surface area contributed by atoms with Crippen LogP contribution in [0.25, 0.3) is 0 Å². The Morgan fingerprint density at radius 3 is 1.40 bits per heavy atom. The van der Waals surface area contributed by atoms with E-state index < -0.39 is 18.1 Å². The molecule has 0 rings (SSSR count). The number of carbonyl (C=O) groups excluding carboxylic acids is 3. The van der Waals surface area contributed by atoms with Gasteiger partial charge in [0.2, 0.25) is 0 Å². The topological polar surface area (TPSA) is 102 Å². The first-order valence-corrected chi connectivity index (χ1v) is 22.3. The number of carbonyl (C=O) groups is 3. The van der Waals surface area contributed by atoms with Gasteiger partial charge >= 0.3 is 11.9 Å². The summed E-state index contributed by atoms with van der Waals surface area (Å²) in [6.45, 7) is 4.35. The van der Waals surface area contributed by atoms with Crippen LogP contribution in [0.1, 0.15) is 149 Å². The Hall–Kier alpha value is -3.75. The van der Waals surface area contributed by atoms with E-state index in [1.54, 1.807) is 21.1 Å². The second-order valence-electron chi connectivity index (χ2n) is 15.5. The second-order valence-corrected chi connectivity index (χ2v) is 15.5. The quantitative estimate of drug-likeness (QED) is 0.0265. The van der Waals surface area contributed by atoms with Crippen molar-refractivity contribution < 1.29 is 38.2 Å². The van der Waals surface area contributed by atoms with Gasteiger partial charge in [-0.05, 0) is 83.5 Å². The van der Waals surface area contributed by atoms with Gasteiger partial charge in [-0.15, -0.1) is 0 Å². The van der Waals surface area contributed by atoms with Gasteiger partial charge in [-0.3, -0.25) is 9.59 Å². The maximum atomic E-state index is 12.7. The summed E-state index contributed by atoms with van der Waals surface area (Å²) < 4.78 is 17.1. The van der Waals surface area contributed by atoms with Crippen molar-refractivity contribution in [2.75, 3.05) is 41.0 Å². The molecule has 328 valence electrons. The largest absolute Gasteiger partial charge is 0.544 e. The lowest BCUT2D eigenvalue weighted by atomic mass is 10.1. The zero-order chi connectivity index (χ0) is 42.8. The zero-order valence-corrected chi connectivity index (χ0v) is 37.2. The maximum Gasteiger partial charge on any atom is 0.306 e. The van der Waals surface area contributed by atoms with E-state index >= 15 is 0 Å². The lowest BCUT2D eigenvalue weighted by Gasteiger charge is -2.34. The lowest BCUT2D eigenvalue weighted by molar-refractivity contribution is -0.889. The van der Waals surface area contributed by atoms with Gasteiger partial charge in [0.15, 0.2) is 6.10 Å². The van der Waals surface area contributed by atoms with Crippen molar-refractivity contribution in [3.8, 4) is 0 Å². The maximum absolute atomic E-state index is 12.7. The molecule has 2 atom stereocenters. The molecule has 0 aromatic carbocycles. The summed E-state index contributed by atoms with van der Waals surface area (Å²) in [6.07, 6.45) is 53.0. The number of esters is 2. The van der Waals surface area contributed by atoms with Crippen LogP contribution >= 0.6 is 0 Å². The number of rotatable bonds is 38. The number of nitrogens with zero attached hydrogens (tertiary/aromatic N) is 1. The van der Waals surface area contributed by atoms with E-state index in [0.717, 1.165) is 89.9 Å². The number of ether oxygens (including phenoxy) is 3. The lowest BCUT2D eigenvalue weighted by Crippen LogP contribution is -2.55. The molecule has 0 saturated carbocycles. The SMILES string of the molecule is CC/C=C/C/C=C/C/C=C/C/C=C/C/C=C/C/C=C/CCCC(=O)OCC(COCCC(C(=O)[O-])[N+](C)(C)C)OC(=O)CCCCCCCCC/C=C/C/C=C/CC. The van der Waals surface area contributed by atoms with Gasteiger partial charge in [0.25, 0.3) is 0 Å². The first-order chi connectivity index (χ1) is 28.1. The standard InChI is InChI=1S/C50H81NO7/c1-6-8-10-12-14-16-18-20-22-23-24-25-26-27-29-30-32-34-36-38-40-48(52)57-45-46(44-56-43-42-47(50(54)55)51(3,4)5)58-49(53)41-39-37-35-33-31-28-21-19-17-15-13-11-9-7-2/h8-11,14-17,20,22,24-25,27,29,32,34,46-47H,6-7,12-13,18-19,21,23,26,28,30-31,33,35-45H2,1-5H3/b10-8+,11-9+,16-14+,17-15+,22-20+,25-24+,29-27+,34-32+. The third-order valence-electron chi connectivity index (χ3n) is 9.22.